The Bertz CT molecular complexity index is 978. The first-order valence-corrected chi connectivity index (χ1v) is 10.1. The zero-order valence-corrected chi connectivity index (χ0v) is 16.4. The fraction of sp³-hybridized carbons (Fsp3) is 0.333. The molecule has 1 unspecified atom stereocenters. The van der Waals surface area contributed by atoms with Gasteiger partial charge < -0.3 is 18.8 Å². The van der Waals surface area contributed by atoms with E-state index in [1.165, 1.54) is 0 Å². The Balaban J connectivity index is 1.46. The number of furan rings is 1. The summed E-state index contributed by atoms with van der Waals surface area (Å²) in [4.78, 5) is 28.2. The minimum atomic E-state index is -0.650. The van der Waals surface area contributed by atoms with Crippen molar-refractivity contribution >= 4 is 34.2 Å². The van der Waals surface area contributed by atoms with Gasteiger partial charge in [0.2, 0.25) is 5.76 Å². The minimum Gasteiger partial charge on any atom is -0.450 e. The molecule has 0 aliphatic carbocycles. The first kappa shape index (κ1) is 18.7. The van der Waals surface area contributed by atoms with Gasteiger partial charge in [-0.25, -0.2) is 4.79 Å². The van der Waals surface area contributed by atoms with Gasteiger partial charge in [-0.2, -0.15) is 0 Å². The molecule has 1 amide bonds. The number of carbonyl (C=O) groups excluding carboxylic acids is 2. The number of hydrogen-bond donors (Lipinski definition) is 0. The third-order valence-electron chi connectivity index (χ3n) is 4.94. The Hall–Kier alpha value is -2.64. The number of hydrogen-bond acceptors (Lipinski definition) is 6. The summed E-state index contributed by atoms with van der Waals surface area (Å²) in [5.41, 5.74) is 1.22. The van der Waals surface area contributed by atoms with Crippen molar-refractivity contribution in [1.29, 1.82) is 0 Å². The van der Waals surface area contributed by atoms with Gasteiger partial charge in [0.15, 0.2) is 6.61 Å². The number of likely N-dealkylation sites (tertiary alicyclic amines) is 1. The predicted octanol–water partition coefficient (Wildman–Crippen LogP) is 4.16. The van der Waals surface area contributed by atoms with Crippen LogP contribution in [0.2, 0.25) is 0 Å². The van der Waals surface area contributed by atoms with E-state index in [0.717, 1.165) is 23.1 Å². The molecule has 7 heteroatoms. The SMILES string of the molecule is COCc1c(C(=O)OCC(=O)N2CCCC2c2cccs2)oc2ccccc12. The van der Waals surface area contributed by atoms with Crippen molar-refractivity contribution in [1.82, 2.24) is 4.90 Å². The fourth-order valence-electron chi connectivity index (χ4n) is 3.67. The molecule has 1 fully saturated rings. The summed E-state index contributed by atoms with van der Waals surface area (Å²) in [5, 5.41) is 2.81. The standard InChI is InChI=1S/C21H21NO5S/c1-25-12-15-14-6-2-3-8-17(14)27-20(15)21(24)26-13-19(23)22-10-4-7-16(22)18-9-5-11-28-18/h2-3,5-6,8-9,11,16H,4,7,10,12-13H2,1H3. The molecule has 1 aliphatic rings. The minimum absolute atomic E-state index is 0.0708. The first-order valence-electron chi connectivity index (χ1n) is 9.18. The molecule has 6 nitrogen and oxygen atoms in total. The number of methoxy groups -OCH3 is 1. The van der Waals surface area contributed by atoms with Crippen molar-refractivity contribution < 1.29 is 23.5 Å². The quantitative estimate of drug-likeness (QED) is 0.582. The number of benzene rings is 1. The summed E-state index contributed by atoms with van der Waals surface area (Å²) in [6.07, 6.45) is 1.88. The zero-order chi connectivity index (χ0) is 19.5. The Labute approximate surface area is 166 Å². The second kappa shape index (κ2) is 8.16. The molecule has 0 N–H and O–H groups in total. The van der Waals surface area contributed by atoms with E-state index < -0.39 is 5.97 Å². The number of amides is 1. The summed E-state index contributed by atoms with van der Waals surface area (Å²) in [5.74, 6) is -0.746. The van der Waals surface area contributed by atoms with E-state index in [0.29, 0.717) is 17.7 Å². The topological polar surface area (TPSA) is 69.0 Å². The van der Waals surface area contributed by atoms with Gasteiger partial charge in [0.05, 0.1) is 12.6 Å². The third kappa shape index (κ3) is 3.55. The molecule has 28 heavy (non-hydrogen) atoms. The number of rotatable bonds is 6. The van der Waals surface area contributed by atoms with Crippen LogP contribution in [0.4, 0.5) is 0 Å². The summed E-state index contributed by atoms with van der Waals surface area (Å²) in [7, 11) is 1.55. The van der Waals surface area contributed by atoms with Crippen molar-refractivity contribution in [2.75, 3.05) is 20.3 Å². The molecule has 4 rings (SSSR count). The van der Waals surface area contributed by atoms with Crippen LogP contribution in [0.5, 0.6) is 0 Å². The number of ether oxygens (including phenoxy) is 2. The van der Waals surface area contributed by atoms with Crippen LogP contribution in [-0.2, 0) is 20.9 Å². The highest BCUT2D eigenvalue weighted by Gasteiger charge is 2.31. The summed E-state index contributed by atoms with van der Waals surface area (Å²) < 4.78 is 16.2. The second-order valence-corrected chi connectivity index (χ2v) is 7.65. The van der Waals surface area contributed by atoms with Gasteiger partial charge in [0, 0.05) is 29.5 Å². The molecule has 3 heterocycles. The maximum Gasteiger partial charge on any atom is 0.375 e. The maximum absolute atomic E-state index is 12.7. The van der Waals surface area contributed by atoms with Gasteiger partial charge in [0.25, 0.3) is 5.91 Å². The van der Waals surface area contributed by atoms with Crippen LogP contribution in [0.25, 0.3) is 11.0 Å². The van der Waals surface area contributed by atoms with E-state index in [1.54, 1.807) is 29.4 Å². The summed E-state index contributed by atoms with van der Waals surface area (Å²) in [6.45, 7) is 0.602. The van der Waals surface area contributed by atoms with E-state index in [4.69, 9.17) is 13.9 Å². The highest BCUT2D eigenvalue weighted by atomic mass is 32.1. The normalized spacial score (nSPS) is 16.6. The number of carbonyl (C=O) groups is 2. The molecule has 2 aromatic heterocycles. The van der Waals surface area contributed by atoms with Gasteiger partial charge in [-0.3, -0.25) is 4.79 Å². The molecule has 1 aromatic carbocycles. The Kier molecular flexibility index (Phi) is 5.45. The van der Waals surface area contributed by atoms with E-state index >= 15 is 0 Å². The van der Waals surface area contributed by atoms with Gasteiger partial charge >= 0.3 is 5.97 Å². The summed E-state index contributed by atoms with van der Waals surface area (Å²) >= 11 is 1.64. The van der Waals surface area contributed by atoms with Crippen LogP contribution in [0.1, 0.15) is 39.9 Å². The lowest BCUT2D eigenvalue weighted by atomic mass is 10.1. The number of fused-ring (bicyclic) bond motifs is 1. The van der Waals surface area contributed by atoms with Crippen molar-refractivity contribution in [3.63, 3.8) is 0 Å². The summed E-state index contributed by atoms with van der Waals surface area (Å²) in [6, 6.07) is 11.4. The van der Waals surface area contributed by atoms with Gasteiger partial charge in [0.1, 0.15) is 5.58 Å². The van der Waals surface area contributed by atoms with Crippen molar-refractivity contribution in [2.24, 2.45) is 0 Å². The second-order valence-electron chi connectivity index (χ2n) is 6.68. The number of nitrogens with zero attached hydrogens (tertiary/aromatic N) is 1. The lowest BCUT2D eigenvalue weighted by Gasteiger charge is -2.23. The Morgan fingerprint density at radius 1 is 1.25 bits per heavy atom. The van der Waals surface area contributed by atoms with Crippen molar-refractivity contribution in [3.05, 3.63) is 58.0 Å². The maximum atomic E-state index is 12.7. The average molecular weight is 399 g/mol. The molecular weight excluding hydrogens is 378 g/mol. The molecule has 1 saturated heterocycles. The van der Waals surface area contributed by atoms with Crippen LogP contribution in [0.3, 0.4) is 0 Å². The first-order chi connectivity index (χ1) is 13.7. The molecule has 1 atom stereocenters. The lowest BCUT2D eigenvalue weighted by molar-refractivity contribution is -0.135. The zero-order valence-electron chi connectivity index (χ0n) is 15.6. The van der Waals surface area contributed by atoms with E-state index in [9.17, 15) is 9.59 Å². The van der Waals surface area contributed by atoms with E-state index in [1.807, 2.05) is 35.7 Å². The molecule has 0 bridgehead atoms. The molecule has 0 radical (unpaired) electrons. The van der Waals surface area contributed by atoms with Crippen molar-refractivity contribution in [2.45, 2.75) is 25.5 Å². The highest BCUT2D eigenvalue weighted by Crippen LogP contribution is 2.34. The van der Waals surface area contributed by atoms with Crippen LogP contribution in [-0.4, -0.2) is 37.0 Å². The molecular formula is C21H21NO5S. The number of esters is 1. The largest absolute Gasteiger partial charge is 0.450 e. The van der Waals surface area contributed by atoms with Crippen LogP contribution in [0.15, 0.2) is 46.2 Å². The lowest BCUT2D eigenvalue weighted by Crippen LogP contribution is -2.34. The average Bonchev–Trinajstić information content (AvgIpc) is 3.45. The van der Waals surface area contributed by atoms with Crippen molar-refractivity contribution in [3.8, 4) is 0 Å². The van der Waals surface area contributed by atoms with Crippen LogP contribution in [0, 0.1) is 0 Å². The van der Waals surface area contributed by atoms with E-state index in [2.05, 4.69) is 0 Å². The van der Waals surface area contributed by atoms with E-state index in [-0.39, 0.29) is 30.9 Å². The Morgan fingerprint density at radius 3 is 2.89 bits per heavy atom. The van der Waals surface area contributed by atoms with Gasteiger partial charge in [-0.05, 0) is 30.4 Å². The molecule has 1 aliphatic heterocycles. The van der Waals surface area contributed by atoms with Gasteiger partial charge in [-0.15, -0.1) is 11.3 Å². The molecule has 0 saturated carbocycles. The van der Waals surface area contributed by atoms with Gasteiger partial charge in [-0.1, -0.05) is 24.3 Å². The van der Waals surface area contributed by atoms with Crippen LogP contribution < -0.4 is 0 Å². The predicted molar refractivity (Wildman–Crippen MR) is 105 cm³/mol. The number of para-hydroxylation sites is 1. The molecule has 0 spiro atoms. The molecule has 3 aromatic rings. The third-order valence-corrected chi connectivity index (χ3v) is 5.92. The molecule has 146 valence electrons. The fourth-order valence-corrected chi connectivity index (χ4v) is 4.54. The monoisotopic (exact) mass is 399 g/mol. The number of thiophene rings is 1. The smallest absolute Gasteiger partial charge is 0.375 e. The highest BCUT2D eigenvalue weighted by molar-refractivity contribution is 7.10. The van der Waals surface area contributed by atoms with Crippen LogP contribution >= 0.6 is 11.3 Å². The Morgan fingerprint density at radius 2 is 2.11 bits per heavy atom.